The fourth-order valence-electron chi connectivity index (χ4n) is 4.44. The molecule has 8 nitrogen and oxygen atoms in total. The molecule has 1 amide bonds. The first-order valence-electron chi connectivity index (χ1n) is 13.3. The van der Waals surface area contributed by atoms with Crippen LogP contribution < -0.4 is 24.3 Å². The molecule has 0 aliphatic carbocycles. The first-order chi connectivity index (χ1) is 20.5. The minimum Gasteiger partial charge on any atom is -0.497 e. The third-order valence-corrected chi connectivity index (χ3v) is 8.04. The van der Waals surface area contributed by atoms with Crippen LogP contribution in [0.15, 0.2) is 77.8 Å². The second-order valence-electron chi connectivity index (χ2n) is 9.21. The zero-order valence-corrected chi connectivity index (χ0v) is 25.1. The molecule has 0 radical (unpaired) electrons. The Labute approximate surface area is 250 Å². The lowest BCUT2D eigenvalue weighted by atomic mass is 9.98. The van der Waals surface area contributed by atoms with E-state index in [2.05, 4.69) is 11.4 Å². The molecule has 0 fully saturated rings. The second kappa shape index (κ2) is 14.3. The summed E-state index contributed by atoms with van der Waals surface area (Å²) >= 11 is 1.28. The van der Waals surface area contributed by atoms with E-state index in [1.807, 2.05) is 67.6 Å². The number of hydrogen-bond acceptors (Lipinski definition) is 8. The van der Waals surface area contributed by atoms with Gasteiger partial charge in [0, 0.05) is 17.7 Å². The van der Waals surface area contributed by atoms with Crippen molar-refractivity contribution < 1.29 is 23.7 Å². The van der Waals surface area contributed by atoms with E-state index >= 15 is 0 Å². The summed E-state index contributed by atoms with van der Waals surface area (Å²) in [7, 11) is 6.25. The molecule has 0 aliphatic rings. The van der Waals surface area contributed by atoms with Gasteiger partial charge in [-0.1, -0.05) is 61.2 Å². The highest BCUT2D eigenvalue weighted by molar-refractivity contribution is 8.00. The number of amides is 1. The van der Waals surface area contributed by atoms with Crippen LogP contribution in [0, 0.1) is 11.3 Å². The summed E-state index contributed by atoms with van der Waals surface area (Å²) in [6, 6.07) is 25.1. The van der Waals surface area contributed by atoms with Crippen LogP contribution in [-0.4, -0.2) is 44.6 Å². The highest BCUT2D eigenvalue weighted by atomic mass is 32.2. The number of aromatic nitrogens is 1. The molecule has 0 saturated carbocycles. The van der Waals surface area contributed by atoms with E-state index in [9.17, 15) is 10.1 Å². The normalized spacial score (nSPS) is 11.2. The van der Waals surface area contributed by atoms with Crippen LogP contribution in [0.1, 0.15) is 24.5 Å². The Hall–Kier alpha value is -4.68. The van der Waals surface area contributed by atoms with Gasteiger partial charge in [-0.05, 0) is 47.9 Å². The molecule has 9 heteroatoms. The molecule has 42 heavy (non-hydrogen) atoms. The third kappa shape index (κ3) is 6.78. The van der Waals surface area contributed by atoms with Gasteiger partial charge in [-0.25, -0.2) is 4.98 Å². The van der Waals surface area contributed by atoms with Gasteiger partial charge in [0.25, 0.3) is 0 Å². The number of methoxy groups -OCH3 is 4. The number of pyridine rings is 1. The first-order valence-corrected chi connectivity index (χ1v) is 14.2. The van der Waals surface area contributed by atoms with Crippen LogP contribution in [0.5, 0.6) is 23.0 Å². The van der Waals surface area contributed by atoms with Crippen molar-refractivity contribution in [1.82, 2.24) is 10.3 Å². The lowest BCUT2D eigenvalue weighted by Crippen LogP contribution is -2.32. The number of nitrogens with zero attached hydrogens (tertiary/aromatic N) is 2. The summed E-state index contributed by atoms with van der Waals surface area (Å²) in [5, 5.41) is 13.4. The van der Waals surface area contributed by atoms with Crippen molar-refractivity contribution in [2.75, 3.05) is 28.4 Å². The number of rotatable bonds is 12. The SMILES string of the molecule is CCC(Sc1nc(-c2ccccc2)cc(-c2cc(OC)c(OC)c(OC)c2)c1C#N)C(=O)NCc1ccc(OC)cc1. The van der Waals surface area contributed by atoms with Crippen molar-refractivity contribution in [2.24, 2.45) is 0 Å². The number of nitriles is 1. The van der Waals surface area contributed by atoms with Crippen LogP contribution in [0.2, 0.25) is 0 Å². The Kier molecular flexibility index (Phi) is 10.3. The fourth-order valence-corrected chi connectivity index (χ4v) is 5.49. The molecule has 4 rings (SSSR count). The molecule has 216 valence electrons. The van der Waals surface area contributed by atoms with Crippen LogP contribution >= 0.6 is 11.8 Å². The molecule has 3 aromatic carbocycles. The molecule has 1 atom stereocenters. The molecular weight excluding hydrogens is 550 g/mol. The van der Waals surface area contributed by atoms with Gasteiger partial charge in [-0.3, -0.25) is 4.79 Å². The molecule has 0 aliphatic heterocycles. The van der Waals surface area contributed by atoms with Crippen molar-refractivity contribution in [2.45, 2.75) is 30.2 Å². The molecule has 0 spiro atoms. The zero-order valence-electron chi connectivity index (χ0n) is 24.3. The number of nitrogens with one attached hydrogen (secondary N) is 1. The first kappa shape index (κ1) is 30.3. The molecule has 1 aromatic heterocycles. The molecular formula is C33H33N3O5S. The fraction of sp³-hybridized carbons (Fsp3) is 0.242. The number of carbonyl (C=O) groups is 1. The minimum absolute atomic E-state index is 0.136. The summed E-state index contributed by atoms with van der Waals surface area (Å²) < 4.78 is 21.9. The maximum absolute atomic E-state index is 13.3. The van der Waals surface area contributed by atoms with Crippen molar-refractivity contribution in [3.8, 4) is 51.5 Å². The van der Waals surface area contributed by atoms with Crippen LogP contribution in [-0.2, 0) is 11.3 Å². The molecule has 1 heterocycles. The minimum atomic E-state index is -0.471. The van der Waals surface area contributed by atoms with Gasteiger partial charge in [0.15, 0.2) is 11.5 Å². The highest BCUT2D eigenvalue weighted by Gasteiger charge is 2.24. The number of thioether (sulfide) groups is 1. The van der Waals surface area contributed by atoms with E-state index < -0.39 is 5.25 Å². The molecule has 1 unspecified atom stereocenters. The Morgan fingerprint density at radius 2 is 1.57 bits per heavy atom. The summed E-state index contributed by atoms with van der Waals surface area (Å²) in [6.07, 6.45) is 0.542. The molecule has 4 aromatic rings. The quantitative estimate of drug-likeness (QED) is 0.188. The van der Waals surface area contributed by atoms with Gasteiger partial charge in [0.05, 0.1) is 44.9 Å². The molecule has 1 N–H and O–H groups in total. The summed E-state index contributed by atoms with van der Waals surface area (Å²) in [5.74, 6) is 2.00. The third-order valence-electron chi connectivity index (χ3n) is 6.69. The van der Waals surface area contributed by atoms with Crippen molar-refractivity contribution >= 4 is 17.7 Å². The van der Waals surface area contributed by atoms with Crippen LogP contribution in [0.3, 0.4) is 0 Å². The Morgan fingerprint density at radius 1 is 0.905 bits per heavy atom. The lowest BCUT2D eigenvalue weighted by Gasteiger charge is -2.19. The average Bonchev–Trinajstić information content (AvgIpc) is 3.05. The highest BCUT2D eigenvalue weighted by Crippen LogP contribution is 2.44. The number of benzene rings is 3. The van der Waals surface area contributed by atoms with E-state index in [1.165, 1.54) is 11.8 Å². The van der Waals surface area contributed by atoms with Gasteiger partial charge in [0.1, 0.15) is 16.8 Å². The number of carbonyl (C=O) groups excluding carboxylic acids is 1. The summed E-state index contributed by atoms with van der Waals surface area (Å²) in [5.41, 5.74) is 4.20. The smallest absolute Gasteiger partial charge is 0.233 e. The van der Waals surface area contributed by atoms with Gasteiger partial charge in [-0.15, -0.1) is 0 Å². The summed E-state index contributed by atoms with van der Waals surface area (Å²) in [4.78, 5) is 18.2. The maximum atomic E-state index is 13.3. The van der Waals surface area contributed by atoms with Gasteiger partial charge >= 0.3 is 0 Å². The molecule has 0 bridgehead atoms. The van der Waals surface area contributed by atoms with Gasteiger partial charge in [-0.2, -0.15) is 5.26 Å². The van der Waals surface area contributed by atoms with Gasteiger partial charge in [0.2, 0.25) is 11.7 Å². The average molecular weight is 584 g/mol. The number of hydrogen-bond donors (Lipinski definition) is 1. The van der Waals surface area contributed by atoms with E-state index in [0.29, 0.717) is 57.6 Å². The topological polar surface area (TPSA) is 103 Å². The number of ether oxygens (including phenoxy) is 4. The van der Waals surface area contributed by atoms with E-state index in [1.54, 1.807) is 40.6 Å². The second-order valence-corrected chi connectivity index (χ2v) is 10.4. The van der Waals surface area contributed by atoms with Crippen molar-refractivity contribution in [3.05, 3.63) is 83.9 Å². The molecule has 0 saturated heterocycles. The Morgan fingerprint density at radius 3 is 2.12 bits per heavy atom. The monoisotopic (exact) mass is 583 g/mol. The van der Waals surface area contributed by atoms with E-state index in [4.69, 9.17) is 23.9 Å². The van der Waals surface area contributed by atoms with E-state index in [0.717, 1.165) is 16.9 Å². The van der Waals surface area contributed by atoms with Crippen LogP contribution in [0.4, 0.5) is 0 Å². The largest absolute Gasteiger partial charge is 0.497 e. The predicted octanol–water partition coefficient (Wildman–Crippen LogP) is 6.51. The zero-order chi connectivity index (χ0) is 30.1. The lowest BCUT2D eigenvalue weighted by molar-refractivity contribution is -0.120. The predicted molar refractivity (Wildman–Crippen MR) is 164 cm³/mol. The standard InChI is InChI=1S/C33H33N3O5S/c1-6-30(32(37)35-20-21-12-14-24(38-2)15-13-21)42-33-26(19-34)25(18-27(36-33)22-10-8-7-9-11-22)23-16-28(39-3)31(41-5)29(17-23)40-4/h7-18,30H,6,20H2,1-5H3,(H,35,37). The Bertz CT molecular complexity index is 1540. The van der Waals surface area contributed by atoms with Crippen molar-refractivity contribution in [1.29, 1.82) is 5.26 Å². The maximum Gasteiger partial charge on any atom is 0.233 e. The Balaban J connectivity index is 1.75. The van der Waals surface area contributed by atoms with Crippen LogP contribution in [0.25, 0.3) is 22.4 Å². The van der Waals surface area contributed by atoms with Crippen molar-refractivity contribution in [3.63, 3.8) is 0 Å². The van der Waals surface area contributed by atoms with E-state index in [-0.39, 0.29) is 5.91 Å². The van der Waals surface area contributed by atoms with Gasteiger partial charge < -0.3 is 24.3 Å². The summed E-state index contributed by atoms with van der Waals surface area (Å²) in [6.45, 7) is 2.32.